The number of rotatable bonds is 3. The second-order valence-electron chi connectivity index (χ2n) is 4.43. The van der Waals surface area contributed by atoms with Gasteiger partial charge < -0.3 is 5.73 Å². The summed E-state index contributed by atoms with van der Waals surface area (Å²) >= 11 is 0. The highest BCUT2D eigenvalue weighted by atomic mass is 19.1. The van der Waals surface area contributed by atoms with E-state index in [4.69, 9.17) is 5.73 Å². The second kappa shape index (κ2) is 4.65. The average Bonchev–Trinajstić information content (AvgIpc) is 2.16. The van der Waals surface area contributed by atoms with Crippen LogP contribution in [0.1, 0.15) is 57.1 Å². The zero-order valence-electron chi connectivity index (χ0n) is 9.97. The summed E-state index contributed by atoms with van der Waals surface area (Å²) < 4.78 is 13.7. The van der Waals surface area contributed by atoms with E-state index in [1.165, 1.54) is 6.07 Å². The Balaban J connectivity index is 3.30. The molecule has 1 aromatic carbocycles. The molecule has 0 aliphatic carbocycles. The highest BCUT2D eigenvalue weighted by Gasteiger charge is 2.16. The number of anilines is 1. The summed E-state index contributed by atoms with van der Waals surface area (Å²) in [6.45, 7) is 8.21. The fraction of sp³-hybridized carbons (Fsp3) is 0.538. The van der Waals surface area contributed by atoms with E-state index in [1.54, 1.807) is 6.07 Å². The minimum Gasteiger partial charge on any atom is -0.398 e. The van der Waals surface area contributed by atoms with E-state index in [0.717, 1.165) is 12.0 Å². The minimum absolute atomic E-state index is 0.175. The summed E-state index contributed by atoms with van der Waals surface area (Å²) in [7, 11) is 0. The maximum atomic E-state index is 13.7. The van der Waals surface area contributed by atoms with Gasteiger partial charge in [0.2, 0.25) is 0 Å². The van der Waals surface area contributed by atoms with E-state index in [0.29, 0.717) is 17.2 Å². The summed E-state index contributed by atoms with van der Waals surface area (Å²) in [5, 5.41) is 0. The first-order chi connectivity index (χ1) is 6.99. The van der Waals surface area contributed by atoms with Crippen molar-refractivity contribution in [2.45, 2.75) is 46.0 Å². The molecule has 1 unspecified atom stereocenters. The highest BCUT2D eigenvalue weighted by molar-refractivity contribution is 5.57. The van der Waals surface area contributed by atoms with Crippen molar-refractivity contribution in [1.82, 2.24) is 0 Å². The summed E-state index contributed by atoms with van der Waals surface area (Å²) in [6, 6.07) is 3.33. The molecular formula is C13H20FN. The molecular weight excluding hydrogens is 189 g/mol. The zero-order chi connectivity index (χ0) is 11.6. The lowest BCUT2D eigenvalue weighted by Crippen LogP contribution is -2.06. The molecule has 0 aromatic heterocycles. The van der Waals surface area contributed by atoms with Gasteiger partial charge in [-0.1, -0.05) is 33.8 Å². The van der Waals surface area contributed by atoms with Gasteiger partial charge in [0.1, 0.15) is 5.82 Å². The van der Waals surface area contributed by atoms with Gasteiger partial charge in [-0.3, -0.25) is 0 Å². The minimum atomic E-state index is -0.175. The Morgan fingerprint density at radius 3 is 2.33 bits per heavy atom. The predicted molar refractivity (Wildman–Crippen MR) is 63.6 cm³/mol. The van der Waals surface area contributed by atoms with Crippen molar-refractivity contribution in [1.29, 1.82) is 0 Å². The monoisotopic (exact) mass is 209 g/mol. The quantitative estimate of drug-likeness (QED) is 0.747. The van der Waals surface area contributed by atoms with Gasteiger partial charge in [-0.2, -0.15) is 0 Å². The molecule has 0 amide bonds. The molecule has 1 aromatic rings. The molecule has 15 heavy (non-hydrogen) atoms. The second-order valence-corrected chi connectivity index (χ2v) is 4.43. The largest absolute Gasteiger partial charge is 0.398 e. The Labute approximate surface area is 91.5 Å². The summed E-state index contributed by atoms with van der Waals surface area (Å²) in [4.78, 5) is 0. The van der Waals surface area contributed by atoms with E-state index in [2.05, 4.69) is 13.8 Å². The first-order valence-electron chi connectivity index (χ1n) is 5.56. The highest BCUT2D eigenvalue weighted by Crippen LogP contribution is 2.33. The molecule has 1 rings (SSSR count). The molecule has 0 aliphatic heterocycles. The number of nitrogen functional groups attached to an aromatic ring is 1. The van der Waals surface area contributed by atoms with Crippen LogP contribution in [0.4, 0.5) is 10.1 Å². The maximum absolute atomic E-state index is 13.7. The fourth-order valence-corrected chi connectivity index (χ4v) is 1.84. The summed E-state index contributed by atoms with van der Waals surface area (Å²) in [5.41, 5.74) is 8.39. The lowest BCUT2D eigenvalue weighted by molar-refractivity contribution is 0.583. The SMILES string of the molecule is CCC(C)c1c(F)ccc(C(C)C)c1N. The van der Waals surface area contributed by atoms with Gasteiger partial charge in [0.25, 0.3) is 0 Å². The van der Waals surface area contributed by atoms with Crippen molar-refractivity contribution >= 4 is 5.69 Å². The zero-order valence-corrected chi connectivity index (χ0v) is 9.97. The van der Waals surface area contributed by atoms with E-state index in [9.17, 15) is 4.39 Å². The van der Waals surface area contributed by atoms with Crippen LogP contribution in [0.2, 0.25) is 0 Å². The Bertz CT molecular complexity index is 345. The molecule has 0 saturated carbocycles. The number of hydrogen-bond acceptors (Lipinski definition) is 1. The number of benzene rings is 1. The van der Waals surface area contributed by atoms with Crippen LogP contribution in [0.3, 0.4) is 0 Å². The predicted octanol–water partition coefficient (Wildman–Crippen LogP) is 4.04. The average molecular weight is 209 g/mol. The van der Waals surface area contributed by atoms with Crippen molar-refractivity contribution in [3.63, 3.8) is 0 Å². The Morgan fingerprint density at radius 2 is 1.87 bits per heavy atom. The molecule has 0 aliphatic rings. The van der Waals surface area contributed by atoms with Crippen molar-refractivity contribution in [2.75, 3.05) is 5.73 Å². The molecule has 0 radical (unpaired) electrons. The normalized spacial score (nSPS) is 13.2. The Hall–Kier alpha value is -1.05. The van der Waals surface area contributed by atoms with Gasteiger partial charge in [0, 0.05) is 11.3 Å². The van der Waals surface area contributed by atoms with Crippen LogP contribution in [-0.2, 0) is 0 Å². The Morgan fingerprint density at radius 1 is 1.27 bits per heavy atom. The van der Waals surface area contributed by atoms with Crippen molar-refractivity contribution in [3.8, 4) is 0 Å². The lowest BCUT2D eigenvalue weighted by atomic mass is 9.90. The van der Waals surface area contributed by atoms with Gasteiger partial charge in [-0.25, -0.2) is 4.39 Å². The van der Waals surface area contributed by atoms with Gasteiger partial charge in [-0.05, 0) is 29.9 Å². The first-order valence-corrected chi connectivity index (χ1v) is 5.56. The van der Waals surface area contributed by atoms with Crippen LogP contribution in [0.5, 0.6) is 0 Å². The van der Waals surface area contributed by atoms with Gasteiger partial charge in [0.15, 0.2) is 0 Å². The Kier molecular flexibility index (Phi) is 3.72. The van der Waals surface area contributed by atoms with E-state index in [1.807, 2.05) is 13.8 Å². The third-order valence-electron chi connectivity index (χ3n) is 2.99. The molecule has 2 heteroatoms. The van der Waals surface area contributed by atoms with Crippen LogP contribution in [-0.4, -0.2) is 0 Å². The summed E-state index contributed by atoms with van der Waals surface area (Å²) in [6.07, 6.45) is 0.905. The fourth-order valence-electron chi connectivity index (χ4n) is 1.84. The molecule has 0 saturated heterocycles. The molecule has 84 valence electrons. The molecule has 1 nitrogen and oxygen atoms in total. The smallest absolute Gasteiger partial charge is 0.128 e. The van der Waals surface area contributed by atoms with Crippen molar-refractivity contribution in [2.24, 2.45) is 0 Å². The molecule has 0 bridgehead atoms. The standard InChI is InChI=1S/C13H20FN/c1-5-9(4)12-11(14)7-6-10(8(2)3)13(12)15/h6-9H,5,15H2,1-4H3. The molecule has 0 heterocycles. The summed E-state index contributed by atoms with van der Waals surface area (Å²) in [5.74, 6) is 0.350. The van der Waals surface area contributed by atoms with E-state index >= 15 is 0 Å². The molecule has 2 N–H and O–H groups in total. The van der Waals surface area contributed by atoms with Gasteiger partial charge >= 0.3 is 0 Å². The van der Waals surface area contributed by atoms with Crippen LogP contribution < -0.4 is 5.73 Å². The first kappa shape index (κ1) is 12.0. The topological polar surface area (TPSA) is 26.0 Å². The van der Waals surface area contributed by atoms with Crippen LogP contribution in [0.15, 0.2) is 12.1 Å². The van der Waals surface area contributed by atoms with E-state index < -0.39 is 0 Å². The third kappa shape index (κ3) is 2.31. The molecule has 1 atom stereocenters. The maximum Gasteiger partial charge on any atom is 0.128 e. The molecule has 0 spiro atoms. The number of nitrogens with two attached hydrogens (primary N) is 1. The van der Waals surface area contributed by atoms with Gasteiger partial charge in [-0.15, -0.1) is 0 Å². The van der Waals surface area contributed by atoms with Crippen molar-refractivity contribution < 1.29 is 4.39 Å². The van der Waals surface area contributed by atoms with Crippen LogP contribution >= 0.6 is 0 Å². The van der Waals surface area contributed by atoms with E-state index in [-0.39, 0.29) is 11.7 Å². The number of halogens is 1. The third-order valence-corrected chi connectivity index (χ3v) is 2.99. The van der Waals surface area contributed by atoms with Crippen LogP contribution in [0.25, 0.3) is 0 Å². The lowest BCUT2D eigenvalue weighted by Gasteiger charge is -2.18. The number of hydrogen-bond donors (Lipinski definition) is 1. The van der Waals surface area contributed by atoms with Crippen molar-refractivity contribution in [3.05, 3.63) is 29.1 Å². The van der Waals surface area contributed by atoms with Crippen LogP contribution in [0, 0.1) is 5.82 Å². The van der Waals surface area contributed by atoms with Gasteiger partial charge in [0.05, 0.1) is 0 Å². The molecule has 0 fully saturated rings.